The van der Waals surface area contributed by atoms with Gasteiger partial charge in [-0.25, -0.2) is 9.37 Å². The van der Waals surface area contributed by atoms with Crippen LogP contribution in [-0.4, -0.2) is 21.2 Å². The third-order valence-corrected chi connectivity index (χ3v) is 6.47. The Morgan fingerprint density at radius 1 is 1.00 bits per heavy atom. The summed E-state index contributed by atoms with van der Waals surface area (Å²) in [7, 11) is 0. The Morgan fingerprint density at radius 3 is 2.46 bits per heavy atom. The van der Waals surface area contributed by atoms with Gasteiger partial charge in [-0.3, -0.25) is 9.59 Å². The van der Waals surface area contributed by atoms with Gasteiger partial charge in [-0.05, 0) is 62.2 Å². The Labute approximate surface area is 202 Å². The van der Waals surface area contributed by atoms with Crippen LogP contribution in [0.3, 0.4) is 0 Å². The number of anilines is 1. The van der Waals surface area contributed by atoms with Crippen LogP contribution in [0, 0.1) is 5.82 Å². The quantitative estimate of drug-likeness (QED) is 0.310. The molecule has 1 saturated carbocycles. The van der Waals surface area contributed by atoms with Gasteiger partial charge in [0.05, 0.1) is 6.26 Å². The highest BCUT2D eigenvalue weighted by Gasteiger charge is 2.28. The summed E-state index contributed by atoms with van der Waals surface area (Å²) in [6.07, 6.45) is 6.66. The van der Waals surface area contributed by atoms with Gasteiger partial charge in [0.2, 0.25) is 0 Å². The SMILES string of the molecule is CC(=O)c1cccc(-c2nc(-c3ccc(F)cc3)c(NC(=O)c3ccco3)n2C2CCCCC2)c1. The summed E-state index contributed by atoms with van der Waals surface area (Å²) in [5.41, 5.74) is 2.59. The maximum absolute atomic E-state index is 13.7. The molecule has 0 spiro atoms. The van der Waals surface area contributed by atoms with E-state index in [0.717, 1.165) is 31.2 Å². The topological polar surface area (TPSA) is 77.1 Å². The van der Waals surface area contributed by atoms with Gasteiger partial charge in [0.25, 0.3) is 5.91 Å². The van der Waals surface area contributed by atoms with Crippen LogP contribution in [-0.2, 0) is 0 Å². The Hall–Kier alpha value is -4.00. The molecule has 0 bridgehead atoms. The summed E-state index contributed by atoms with van der Waals surface area (Å²) in [4.78, 5) is 30.1. The average molecular weight is 472 g/mol. The van der Waals surface area contributed by atoms with Crippen molar-refractivity contribution in [2.45, 2.75) is 45.1 Å². The van der Waals surface area contributed by atoms with Crippen LogP contribution in [0.2, 0.25) is 0 Å². The summed E-state index contributed by atoms with van der Waals surface area (Å²) in [5.74, 6) is 0.608. The number of imidazole rings is 1. The normalized spacial score (nSPS) is 14.1. The molecule has 5 rings (SSSR count). The number of nitrogens with zero attached hydrogens (tertiary/aromatic N) is 2. The first-order chi connectivity index (χ1) is 17.0. The number of carbonyl (C=O) groups is 2. The molecule has 1 aliphatic carbocycles. The number of nitrogens with one attached hydrogen (secondary N) is 1. The second-order valence-corrected chi connectivity index (χ2v) is 8.87. The molecule has 0 radical (unpaired) electrons. The van der Waals surface area contributed by atoms with Gasteiger partial charge in [-0.15, -0.1) is 0 Å². The maximum Gasteiger partial charge on any atom is 0.292 e. The van der Waals surface area contributed by atoms with E-state index in [9.17, 15) is 14.0 Å². The van der Waals surface area contributed by atoms with E-state index in [4.69, 9.17) is 9.40 Å². The lowest BCUT2D eigenvalue weighted by atomic mass is 9.94. The Bertz CT molecular complexity index is 1350. The molecule has 1 N–H and O–H groups in total. The molecule has 0 saturated heterocycles. The van der Waals surface area contributed by atoms with Crippen LogP contribution in [0.4, 0.5) is 10.2 Å². The molecule has 4 aromatic rings. The predicted molar refractivity (Wildman–Crippen MR) is 132 cm³/mol. The molecule has 2 aromatic heterocycles. The molecule has 0 aliphatic heterocycles. The zero-order valence-electron chi connectivity index (χ0n) is 19.5. The van der Waals surface area contributed by atoms with Crippen molar-refractivity contribution in [1.29, 1.82) is 0 Å². The third-order valence-electron chi connectivity index (χ3n) is 6.47. The molecule has 35 heavy (non-hydrogen) atoms. The highest BCUT2D eigenvalue weighted by atomic mass is 19.1. The lowest BCUT2D eigenvalue weighted by molar-refractivity contribution is 0.0992. The average Bonchev–Trinajstić information content (AvgIpc) is 3.54. The van der Waals surface area contributed by atoms with Crippen LogP contribution in [0.15, 0.2) is 71.3 Å². The molecule has 1 aliphatic rings. The molecular formula is C28H26FN3O3. The molecular weight excluding hydrogens is 445 g/mol. The monoisotopic (exact) mass is 471 g/mol. The number of benzene rings is 2. The van der Waals surface area contributed by atoms with Crippen LogP contribution < -0.4 is 5.32 Å². The number of ketones is 1. The first-order valence-corrected chi connectivity index (χ1v) is 11.9. The second kappa shape index (κ2) is 9.70. The Balaban J connectivity index is 1.72. The summed E-state index contributed by atoms with van der Waals surface area (Å²) in [6.45, 7) is 1.53. The predicted octanol–water partition coefficient (Wildman–Crippen LogP) is 6.91. The molecule has 6 nitrogen and oxygen atoms in total. The number of furan rings is 1. The van der Waals surface area contributed by atoms with Crippen molar-refractivity contribution in [3.63, 3.8) is 0 Å². The summed E-state index contributed by atoms with van der Waals surface area (Å²) in [6, 6.07) is 16.8. The van der Waals surface area contributed by atoms with Gasteiger partial charge >= 0.3 is 0 Å². The van der Waals surface area contributed by atoms with E-state index in [2.05, 4.69) is 9.88 Å². The molecule has 178 valence electrons. The minimum Gasteiger partial charge on any atom is -0.459 e. The fourth-order valence-corrected chi connectivity index (χ4v) is 4.71. The number of Topliss-reactive ketones (excluding diaryl/α,β-unsaturated/α-hetero) is 1. The van der Waals surface area contributed by atoms with Crippen LogP contribution in [0.5, 0.6) is 0 Å². The zero-order valence-corrected chi connectivity index (χ0v) is 19.5. The highest BCUT2D eigenvalue weighted by Crippen LogP contribution is 2.40. The molecule has 1 amide bonds. The van der Waals surface area contributed by atoms with Crippen molar-refractivity contribution in [3.8, 4) is 22.6 Å². The van der Waals surface area contributed by atoms with Crippen molar-refractivity contribution in [2.75, 3.05) is 5.32 Å². The van der Waals surface area contributed by atoms with Crippen LogP contribution in [0.25, 0.3) is 22.6 Å². The van der Waals surface area contributed by atoms with Crippen LogP contribution >= 0.6 is 0 Å². The van der Waals surface area contributed by atoms with Crippen molar-refractivity contribution < 1.29 is 18.4 Å². The van der Waals surface area contributed by atoms with E-state index in [-0.39, 0.29) is 29.3 Å². The van der Waals surface area contributed by atoms with E-state index in [1.807, 2.05) is 18.2 Å². The second-order valence-electron chi connectivity index (χ2n) is 8.87. The summed E-state index contributed by atoms with van der Waals surface area (Å²) < 4.78 is 21.1. The summed E-state index contributed by atoms with van der Waals surface area (Å²) in [5, 5.41) is 3.03. The smallest absolute Gasteiger partial charge is 0.292 e. The van der Waals surface area contributed by atoms with Gasteiger partial charge in [-0.2, -0.15) is 0 Å². The van der Waals surface area contributed by atoms with E-state index >= 15 is 0 Å². The molecule has 2 heterocycles. The largest absolute Gasteiger partial charge is 0.459 e. The minimum absolute atomic E-state index is 0.0345. The summed E-state index contributed by atoms with van der Waals surface area (Å²) >= 11 is 0. The fourth-order valence-electron chi connectivity index (χ4n) is 4.71. The van der Waals surface area contributed by atoms with Gasteiger partial charge < -0.3 is 14.3 Å². The third kappa shape index (κ3) is 4.67. The first kappa shape index (κ1) is 22.8. The highest BCUT2D eigenvalue weighted by molar-refractivity contribution is 6.04. The van der Waals surface area contributed by atoms with Crippen LogP contribution in [0.1, 0.15) is 66.0 Å². The van der Waals surface area contributed by atoms with E-state index < -0.39 is 0 Å². The maximum atomic E-state index is 13.7. The van der Waals surface area contributed by atoms with Crippen molar-refractivity contribution in [2.24, 2.45) is 0 Å². The van der Waals surface area contributed by atoms with E-state index in [1.54, 1.807) is 30.3 Å². The lowest BCUT2D eigenvalue weighted by Crippen LogP contribution is -2.20. The minimum atomic E-state index is -0.389. The number of hydrogen-bond acceptors (Lipinski definition) is 4. The van der Waals surface area contributed by atoms with Crippen molar-refractivity contribution >= 4 is 17.5 Å². The van der Waals surface area contributed by atoms with Gasteiger partial charge in [-0.1, -0.05) is 37.5 Å². The zero-order chi connectivity index (χ0) is 24.4. The number of hydrogen-bond donors (Lipinski definition) is 1. The van der Waals surface area contributed by atoms with Crippen molar-refractivity contribution in [1.82, 2.24) is 9.55 Å². The van der Waals surface area contributed by atoms with Gasteiger partial charge in [0.1, 0.15) is 23.2 Å². The van der Waals surface area contributed by atoms with Crippen molar-refractivity contribution in [3.05, 3.63) is 84.1 Å². The fraction of sp³-hybridized carbons (Fsp3) is 0.250. The Morgan fingerprint density at radius 2 is 1.77 bits per heavy atom. The molecule has 2 aromatic carbocycles. The molecule has 0 atom stereocenters. The van der Waals surface area contributed by atoms with E-state index in [0.29, 0.717) is 28.5 Å². The Kier molecular flexibility index (Phi) is 6.31. The standard InChI is InChI=1S/C28H26FN3O3/c1-18(33)20-7-5-8-21(17-20)26-30-25(19-12-14-22(29)15-13-19)27(31-28(34)24-11-6-16-35-24)32(26)23-9-3-2-4-10-23/h5-8,11-17,23H,2-4,9-10H2,1H3,(H,31,34). The lowest BCUT2D eigenvalue weighted by Gasteiger charge is -2.27. The number of carbonyl (C=O) groups excluding carboxylic acids is 2. The van der Waals surface area contributed by atoms with Gasteiger partial charge in [0, 0.05) is 22.7 Å². The van der Waals surface area contributed by atoms with E-state index in [1.165, 1.54) is 31.7 Å². The first-order valence-electron chi connectivity index (χ1n) is 11.9. The van der Waals surface area contributed by atoms with Gasteiger partial charge in [0.15, 0.2) is 11.5 Å². The number of rotatable bonds is 6. The molecule has 1 fully saturated rings. The number of aromatic nitrogens is 2. The molecule has 0 unspecified atom stereocenters. The number of halogens is 1. The molecule has 7 heteroatoms. The number of amides is 1.